The van der Waals surface area contributed by atoms with E-state index in [0.29, 0.717) is 0 Å². The number of carbonyl (C=O) groups is 2. The van der Waals surface area contributed by atoms with E-state index in [1.54, 1.807) is 27.7 Å². The molecule has 0 fully saturated rings. The molecule has 5 heteroatoms. The number of rotatable bonds is 3. The van der Waals surface area contributed by atoms with Crippen LogP contribution in [0.1, 0.15) is 38.8 Å². The van der Waals surface area contributed by atoms with E-state index in [4.69, 9.17) is 4.74 Å². The molecule has 0 aliphatic heterocycles. The summed E-state index contributed by atoms with van der Waals surface area (Å²) < 4.78 is 5.12. The highest BCUT2D eigenvalue weighted by molar-refractivity contribution is 5.96. The third kappa shape index (κ3) is 5.85. The maximum atomic E-state index is 12.1. The summed E-state index contributed by atoms with van der Waals surface area (Å²) in [4.78, 5) is 23.7. The van der Waals surface area contributed by atoms with Gasteiger partial charge < -0.3 is 15.4 Å². The lowest BCUT2D eigenvalue weighted by Crippen LogP contribution is -2.44. The second-order valence-corrected chi connectivity index (χ2v) is 6.18. The van der Waals surface area contributed by atoms with Gasteiger partial charge in [0.15, 0.2) is 0 Å². The van der Waals surface area contributed by atoms with E-state index in [2.05, 4.69) is 10.6 Å². The summed E-state index contributed by atoms with van der Waals surface area (Å²) in [5.41, 5.74) is 2.26. The fourth-order valence-corrected chi connectivity index (χ4v) is 1.74. The Morgan fingerprint density at radius 3 is 2.33 bits per heavy atom. The minimum Gasteiger partial charge on any atom is -0.444 e. The third-order valence-electron chi connectivity index (χ3n) is 2.77. The van der Waals surface area contributed by atoms with Gasteiger partial charge in [0.05, 0.1) is 0 Å². The van der Waals surface area contributed by atoms with Crippen molar-refractivity contribution < 1.29 is 14.3 Å². The van der Waals surface area contributed by atoms with Crippen molar-refractivity contribution in [3.63, 3.8) is 0 Å². The largest absolute Gasteiger partial charge is 0.444 e. The fourth-order valence-electron chi connectivity index (χ4n) is 1.74. The normalized spacial score (nSPS) is 12.5. The summed E-state index contributed by atoms with van der Waals surface area (Å²) in [6.07, 6.45) is -0.606. The van der Waals surface area contributed by atoms with Gasteiger partial charge in [0.2, 0.25) is 5.91 Å². The van der Waals surface area contributed by atoms with Gasteiger partial charge in [0, 0.05) is 5.69 Å². The maximum absolute atomic E-state index is 12.1. The summed E-state index contributed by atoms with van der Waals surface area (Å²) in [5, 5.41) is 5.31. The molecule has 5 nitrogen and oxygen atoms in total. The van der Waals surface area contributed by atoms with Gasteiger partial charge in [-0.3, -0.25) is 4.79 Å². The number of nitrogens with one attached hydrogen (secondary N) is 2. The molecular weight excluding hydrogens is 268 g/mol. The highest BCUT2D eigenvalue weighted by Gasteiger charge is 2.21. The van der Waals surface area contributed by atoms with Crippen molar-refractivity contribution in [2.75, 3.05) is 5.32 Å². The van der Waals surface area contributed by atoms with Crippen LogP contribution in [0.25, 0.3) is 0 Å². The summed E-state index contributed by atoms with van der Waals surface area (Å²) >= 11 is 0. The molecule has 116 valence electrons. The van der Waals surface area contributed by atoms with Crippen LogP contribution < -0.4 is 10.6 Å². The van der Waals surface area contributed by atoms with E-state index in [9.17, 15) is 9.59 Å². The Morgan fingerprint density at radius 1 is 1.19 bits per heavy atom. The van der Waals surface area contributed by atoms with Gasteiger partial charge in [-0.2, -0.15) is 0 Å². The number of hydrogen-bond donors (Lipinski definition) is 2. The lowest BCUT2D eigenvalue weighted by atomic mass is 10.1. The van der Waals surface area contributed by atoms with E-state index < -0.39 is 17.7 Å². The van der Waals surface area contributed by atoms with Crippen molar-refractivity contribution in [1.29, 1.82) is 0 Å². The number of ether oxygens (including phenoxy) is 1. The molecule has 0 bridgehead atoms. The predicted molar refractivity (Wildman–Crippen MR) is 83.4 cm³/mol. The van der Waals surface area contributed by atoms with Gasteiger partial charge >= 0.3 is 6.09 Å². The van der Waals surface area contributed by atoms with Crippen LogP contribution in [0.15, 0.2) is 18.2 Å². The first-order valence-electron chi connectivity index (χ1n) is 6.96. The average Bonchev–Trinajstić information content (AvgIpc) is 2.29. The monoisotopic (exact) mass is 292 g/mol. The van der Waals surface area contributed by atoms with Gasteiger partial charge in [-0.15, -0.1) is 0 Å². The lowest BCUT2D eigenvalue weighted by Gasteiger charge is -2.21. The van der Waals surface area contributed by atoms with Crippen molar-refractivity contribution in [2.24, 2.45) is 0 Å². The van der Waals surface area contributed by atoms with Gasteiger partial charge in [0.25, 0.3) is 0 Å². The minimum atomic E-state index is -0.680. The van der Waals surface area contributed by atoms with Gasteiger partial charge in [-0.05, 0) is 53.2 Å². The summed E-state index contributed by atoms with van der Waals surface area (Å²) in [5.74, 6) is -0.284. The number of hydrogen-bond acceptors (Lipinski definition) is 3. The van der Waals surface area contributed by atoms with E-state index in [0.717, 1.165) is 16.8 Å². The van der Waals surface area contributed by atoms with Crippen molar-refractivity contribution in [3.05, 3.63) is 29.3 Å². The summed E-state index contributed by atoms with van der Waals surface area (Å²) in [6.45, 7) is 10.8. The molecule has 0 radical (unpaired) electrons. The van der Waals surface area contributed by atoms with Crippen LogP contribution in [0, 0.1) is 13.8 Å². The first kappa shape index (κ1) is 17.0. The molecule has 1 aromatic carbocycles. The van der Waals surface area contributed by atoms with E-state index in [1.807, 2.05) is 32.0 Å². The zero-order chi connectivity index (χ0) is 16.2. The van der Waals surface area contributed by atoms with Gasteiger partial charge in [-0.1, -0.05) is 17.7 Å². The molecule has 1 rings (SSSR count). The van der Waals surface area contributed by atoms with Crippen LogP contribution in [0.5, 0.6) is 0 Å². The summed E-state index contributed by atoms with van der Waals surface area (Å²) in [6, 6.07) is 5.08. The second kappa shape index (κ2) is 6.61. The molecule has 21 heavy (non-hydrogen) atoms. The molecular formula is C16H24N2O3. The molecule has 0 unspecified atom stereocenters. The first-order chi connectivity index (χ1) is 9.58. The van der Waals surface area contributed by atoms with E-state index in [1.165, 1.54) is 0 Å². The zero-order valence-corrected chi connectivity index (χ0v) is 13.5. The summed E-state index contributed by atoms with van der Waals surface area (Å²) in [7, 11) is 0. The van der Waals surface area contributed by atoms with Crippen LogP contribution in [0.2, 0.25) is 0 Å². The number of alkyl carbamates (subject to hydrolysis) is 1. The molecule has 0 saturated heterocycles. The predicted octanol–water partition coefficient (Wildman–Crippen LogP) is 3.16. The quantitative estimate of drug-likeness (QED) is 0.899. The molecule has 0 aromatic heterocycles. The Balaban J connectivity index is 2.61. The van der Waals surface area contributed by atoms with Crippen molar-refractivity contribution in [3.8, 4) is 0 Å². The fraction of sp³-hybridized carbons (Fsp3) is 0.500. The molecule has 2 amide bonds. The first-order valence-corrected chi connectivity index (χ1v) is 6.96. The van der Waals surface area contributed by atoms with Crippen LogP contribution in [0.3, 0.4) is 0 Å². The number of carbonyl (C=O) groups excluding carboxylic acids is 2. The molecule has 1 aromatic rings. The average molecular weight is 292 g/mol. The van der Waals surface area contributed by atoms with Crippen molar-refractivity contribution in [1.82, 2.24) is 5.32 Å². The van der Waals surface area contributed by atoms with Gasteiger partial charge in [0.1, 0.15) is 11.6 Å². The topological polar surface area (TPSA) is 67.4 Å². The molecule has 0 aliphatic rings. The molecule has 0 heterocycles. The smallest absolute Gasteiger partial charge is 0.408 e. The number of anilines is 1. The second-order valence-electron chi connectivity index (χ2n) is 6.18. The number of aryl methyl sites for hydroxylation is 2. The Bertz CT molecular complexity index is 533. The molecule has 2 N–H and O–H groups in total. The van der Waals surface area contributed by atoms with Gasteiger partial charge in [-0.25, -0.2) is 4.79 Å². The maximum Gasteiger partial charge on any atom is 0.408 e. The lowest BCUT2D eigenvalue weighted by molar-refractivity contribution is -0.117. The minimum absolute atomic E-state index is 0.284. The van der Waals surface area contributed by atoms with Crippen LogP contribution >= 0.6 is 0 Å². The molecule has 0 saturated carbocycles. The molecule has 0 spiro atoms. The number of amides is 2. The molecule has 0 aliphatic carbocycles. The van der Waals surface area contributed by atoms with E-state index >= 15 is 0 Å². The standard InChI is InChI=1S/C16H24N2O3/c1-10-7-8-13(11(2)9-10)18-14(19)12(3)17-15(20)21-16(4,5)6/h7-9,12H,1-6H3,(H,17,20)(H,18,19)/t12-/m0/s1. The Labute approximate surface area is 126 Å². The van der Waals surface area contributed by atoms with Crippen LogP contribution in [-0.4, -0.2) is 23.6 Å². The molecule has 1 atom stereocenters. The highest BCUT2D eigenvalue weighted by atomic mass is 16.6. The number of benzene rings is 1. The Morgan fingerprint density at radius 2 is 1.81 bits per heavy atom. The Hall–Kier alpha value is -2.04. The van der Waals surface area contributed by atoms with Crippen LogP contribution in [-0.2, 0) is 9.53 Å². The van der Waals surface area contributed by atoms with Crippen LogP contribution in [0.4, 0.5) is 10.5 Å². The van der Waals surface area contributed by atoms with E-state index in [-0.39, 0.29) is 5.91 Å². The van der Waals surface area contributed by atoms with Crippen molar-refractivity contribution in [2.45, 2.75) is 53.2 Å². The zero-order valence-electron chi connectivity index (χ0n) is 13.5. The van der Waals surface area contributed by atoms with Crippen molar-refractivity contribution >= 4 is 17.7 Å². The Kier molecular flexibility index (Phi) is 5.35. The third-order valence-corrected chi connectivity index (χ3v) is 2.77. The SMILES string of the molecule is Cc1ccc(NC(=O)[C@H](C)NC(=O)OC(C)(C)C)c(C)c1. The highest BCUT2D eigenvalue weighted by Crippen LogP contribution is 2.16.